The molecule has 0 aliphatic carbocycles. The largest absolute Gasteiger partial charge is 0.359 e. The molecule has 4 aromatic heterocycles. The van der Waals surface area contributed by atoms with Gasteiger partial charge in [-0.15, -0.1) is 0 Å². The van der Waals surface area contributed by atoms with Gasteiger partial charge < -0.3 is 10.3 Å². The molecular formula is C33H34N6. The van der Waals surface area contributed by atoms with Gasteiger partial charge in [-0.2, -0.15) is 5.10 Å². The summed E-state index contributed by atoms with van der Waals surface area (Å²) in [6.07, 6.45) is 12.4. The second kappa shape index (κ2) is 10.6. The first-order valence-electron chi connectivity index (χ1n) is 13.1. The monoisotopic (exact) mass is 514 g/mol. The summed E-state index contributed by atoms with van der Waals surface area (Å²) in [5.41, 5.74) is 9.85. The first-order chi connectivity index (χ1) is 18.8. The molecule has 0 atom stereocenters. The van der Waals surface area contributed by atoms with Crippen LogP contribution in [-0.4, -0.2) is 25.1 Å². The molecule has 0 amide bonds. The zero-order chi connectivity index (χ0) is 27.6. The topological polar surface area (TPSA) is 82.3 Å². The van der Waals surface area contributed by atoms with Gasteiger partial charge in [0.2, 0.25) is 0 Å². The Labute approximate surface area is 229 Å². The van der Waals surface area contributed by atoms with E-state index < -0.39 is 0 Å². The van der Waals surface area contributed by atoms with Crippen LogP contribution in [0.2, 0.25) is 0 Å². The van der Waals surface area contributed by atoms with E-state index >= 15 is 0 Å². The Kier molecular flexibility index (Phi) is 7.03. The highest BCUT2D eigenvalue weighted by molar-refractivity contribution is 6.00. The third-order valence-corrected chi connectivity index (χ3v) is 6.56. The molecule has 0 aliphatic rings. The average Bonchev–Trinajstić information content (AvgIpc) is 3.54. The molecule has 3 N–H and O–H groups in total. The predicted octanol–water partition coefficient (Wildman–Crippen LogP) is 8.18. The summed E-state index contributed by atoms with van der Waals surface area (Å²) in [6.45, 7) is 16.9. The van der Waals surface area contributed by atoms with E-state index in [0.717, 1.165) is 73.4 Å². The lowest BCUT2D eigenvalue weighted by Crippen LogP contribution is -2.16. The van der Waals surface area contributed by atoms with Gasteiger partial charge >= 0.3 is 0 Å². The zero-order valence-corrected chi connectivity index (χ0v) is 23.0. The minimum absolute atomic E-state index is 0.152. The molecule has 0 saturated heterocycles. The predicted molar refractivity (Wildman–Crippen MR) is 163 cm³/mol. The maximum absolute atomic E-state index is 4.67. The number of benzene rings is 1. The quantitative estimate of drug-likeness (QED) is 0.182. The highest BCUT2D eigenvalue weighted by Crippen LogP contribution is 2.34. The minimum Gasteiger partial charge on any atom is -0.359 e. The fraction of sp³-hybridized carbons (Fsp3) is 0.182. The number of fused-ring (bicyclic) bond motifs is 2. The molecule has 0 bridgehead atoms. The standard InChI is InChI=1S/C33H34N6/c1-7-22(16-25(8-2)36-21(3)19-33(4,5)6)23-11-12-29-28(17-23)31(39-38-29)30-18-27-26(13-15-35-32(27)37-30)24-10-9-14-34-20-24/h7-18,20,36H,2-3,19H2,1,4-6H3,(H,35,37)(H,38,39)/b22-7+,25-16+. The van der Waals surface area contributed by atoms with Gasteiger partial charge in [0.05, 0.1) is 11.2 Å². The Hall–Kier alpha value is -4.71. The first-order valence-corrected chi connectivity index (χ1v) is 13.1. The van der Waals surface area contributed by atoms with Crippen molar-refractivity contribution in [2.24, 2.45) is 5.41 Å². The summed E-state index contributed by atoms with van der Waals surface area (Å²) in [5, 5.41) is 13.3. The maximum atomic E-state index is 4.67. The van der Waals surface area contributed by atoms with Gasteiger partial charge in [-0.25, -0.2) is 4.98 Å². The molecule has 4 heterocycles. The lowest BCUT2D eigenvalue weighted by molar-refractivity contribution is 0.403. The van der Waals surface area contributed by atoms with Gasteiger partial charge in [0.25, 0.3) is 0 Å². The number of aromatic nitrogens is 5. The van der Waals surface area contributed by atoms with Crippen molar-refractivity contribution >= 4 is 27.5 Å². The van der Waals surface area contributed by atoms with Crippen molar-refractivity contribution in [2.75, 3.05) is 0 Å². The number of hydrogen-bond donors (Lipinski definition) is 3. The highest BCUT2D eigenvalue weighted by atomic mass is 15.1. The summed E-state index contributed by atoms with van der Waals surface area (Å²) < 4.78 is 0. The molecular weight excluding hydrogens is 480 g/mol. The zero-order valence-electron chi connectivity index (χ0n) is 23.0. The molecule has 0 spiro atoms. The second-order valence-corrected chi connectivity index (χ2v) is 10.9. The van der Waals surface area contributed by atoms with Crippen LogP contribution < -0.4 is 5.32 Å². The third kappa shape index (κ3) is 5.60. The van der Waals surface area contributed by atoms with Crippen molar-refractivity contribution in [1.29, 1.82) is 0 Å². The summed E-state index contributed by atoms with van der Waals surface area (Å²) in [7, 11) is 0. The minimum atomic E-state index is 0.152. The van der Waals surface area contributed by atoms with E-state index in [4.69, 9.17) is 0 Å². The van der Waals surface area contributed by atoms with Crippen molar-refractivity contribution in [1.82, 2.24) is 30.5 Å². The molecule has 0 aliphatic heterocycles. The molecule has 0 saturated carbocycles. The fourth-order valence-electron chi connectivity index (χ4n) is 4.86. The summed E-state index contributed by atoms with van der Waals surface area (Å²) >= 11 is 0. The van der Waals surface area contributed by atoms with Crippen molar-refractivity contribution < 1.29 is 0 Å². The molecule has 5 rings (SSSR count). The fourth-order valence-corrected chi connectivity index (χ4v) is 4.86. The van der Waals surface area contributed by atoms with Crippen LogP contribution in [0.5, 0.6) is 0 Å². The molecule has 0 unspecified atom stereocenters. The number of nitrogens with one attached hydrogen (secondary N) is 3. The molecule has 6 nitrogen and oxygen atoms in total. The van der Waals surface area contributed by atoms with E-state index in [2.05, 4.69) is 107 Å². The summed E-state index contributed by atoms with van der Waals surface area (Å²) in [6, 6.07) is 14.5. The third-order valence-electron chi connectivity index (χ3n) is 6.56. The first kappa shape index (κ1) is 25.9. The Balaban J connectivity index is 1.51. The summed E-state index contributed by atoms with van der Waals surface area (Å²) in [4.78, 5) is 12.3. The van der Waals surface area contributed by atoms with Crippen LogP contribution in [0.1, 0.15) is 39.7 Å². The maximum Gasteiger partial charge on any atom is 0.138 e. The van der Waals surface area contributed by atoms with Crippen LogP contribution in [0, 0.1) is 5.41 Å². The van der Waals surface area contributed by atoms with Crippen LogP contribution in [0.25, 0.3) is 50.0 Å². The van der Waals surface area contributed by atoms with Crippen LogP contribution in [-0.2, 0) is 0 Å². The van der Waals surface area contributed by atoms with Gasteiger partial charge in [0, 0.05) is 46.3 Å². The number of aromatic amines is 2. The second-order valence-electron chi connectivity index (χ2n) is 10.9. The number of pyridine rings is 2. The Morgan fingerprint density at radius 2 is 1.92 bits per heavy atom. The van der Waals surface area contributed by atoms with Crippen molar-refractivity contribution in [3.8, 4) is 22.5 Å². The number of allylic oxidation sites excluding steroid dienone is 5. The van der Waals surface area contributed by atoms with Gasteiger partial charge in [0.1, 0.15) is 11.3 Å². The molecule has 0 radical (unpaired) electrons. The number of rotatable bonds is 8. The Morgan fingerprint density at radius 3 is 2.64 bits per heavy atom. The number of H-pyrrole nitrogens is 2. The van der Waals surface area contributed by atoms with E-state index in [1.807, 2.05) is 37.5 Å². The van der Waals surface area contributed by atoms with E-state index in [1.165, 1.54) is 0 Å². The van der Waals surface area contributed by atoms with Crippen molar-refractivity contribution in [3.05, 3.63) is 109 Å². The Bertz CT molecular complexity index is 1720. The number of nitrogens with zero attached hydrogens (tertiary/aromatic N) is 3. The molecule has 1 aromatic carbocycles. The molecule has 0 fully saturated rings. The van der Waals surface area contributed by atoms with Crippen molar-refractivity contribution in [3.63, 3.8) is 0 Å². The molecule has 5 aromatic rings. The Morgan fingerprint density at radius 1 is 1.08 bits per heavy atom. The van der Waals surface area contributed by atoms with Gasteiger partial charge in [-0.05, 0) is 77.9 Å². The van der Waals surface area contributed by atoms with Crippen LogP contribution >= 0.6 is 0 Å². The average molecular weight is 515 g/mol. The van der Waals surface area contributed by atoms with Crippen molar-refractivity contribution in [2.45, 2.75) is 34.1 Å². The van der Waals surface area contributed by atoms with E-state index in [0.29, 0.717) is 0 Å². The molecule has 196 valence electrons. The molecule has 39 heavy (non-hydrogen) atoms. The lowest BCUT2D eigenvalue weighted by Gasteiger charge is -2.21. The van der Waals surface area contributed by atoms with Gasteiger partial charge in [0.15, 0.2) is 0 Å². The summed E-state index contributed by atoms with van der Waals surface area (Å²) in [5.74, 6) is 0. The van der Waals surface area contributed by atoms with E-state index in [1.54, 1.807) is 6.20 Å². The molecule has 6 heteroatoms. The SMILES string of the molecule is C=C/C(=C\C(=C/C)c1ccc2[nH]nc(-c3cc4c(-c5cccnc5)ccnc4[nH]3)c2c1)NC(=C)CC(C)(C)C. The van der Waals surface area contributed by atoms with Crippen LogP contribution in [0.4, 0.5) is 0 Å². The lowest BCUT2D eigenvalue weighted by atomic mass is 9.91. The number of hydrogen-bond acceptors (Lipinski definition) is 4. The smallest absolute Gasteiger partial charge is 0.138 e. The van der Waals surface area contributed by atoms with Gasteiger partial charge in [-0.3, -0.25) is 10.1 Å². The van der Waals surface area contributed by atoms with Gasteiger partial charge in [-0.1, -0.05) is 52.1 Å². The van der Waals surface area contributed by atoms with E-state index in [-0.39, 0.29) is 5.41 Å². The normalized spacial score (nSPS) is 12.7. The van der Waals surface area contributed by atoms with Crippen LogP contribution in [0.3, 0.4) is 0 Å². The highest BCUT2D eigenvalue weighted by Gasteiger charge is 2.16. The van der Waals surface area contributed by atoms with E-state index in [9.17, 15) is 0 Å². The van der Waals surface area contributed by atoms with Crippen LogP contribution in [0.15, 0.2) is 104 Å².